The highest BCUT2D eigenvalue weighted by Crippen LogP contribution is 2.23. The summed E-state index contributed by atoms with van der Waals surface area (Å²) >= 11 is 0. The van der Waals surface area contributed by atoms with Crippen LogP contribution in [0.2, 0.25) is 0 Å². The van der Waals surface area contributed by atoms with Crippen LogP contribution < -0.4 is 5.32 Å². The van der Waals surface area contributed by atoms with Gasteiger partial charge in [-0.1, -0.05) is 0 Å². The fraction of sp³-hybridized carbons (Fsp3) is 0.600. The van der Waals surface area contributed by atoms with Crippen molar-refractivity contribution in [3.63, 3.8) is 0 Å². The Bertz CT molecular complexity index is 492. The maximum Gasteiger partial charge on any atom is 0.275 e. The molecule has 1 aromatic rings. The fourth-order valence-electron chi connectivity index (χ4n) is 1.83. The molecule has 0 spiro atoms. The molecule has 0 radical (unpaired) electrons. The summed E-state index contributed by atoms with van der Waals surface area (Å²) in [6, 6.07) is 0. The number of aliphatic hydroxyl groups excluding tert-OH is 3. The van der Waals surface area contributed by atoms with Crippen LogP contribution in [0, 0.1) is 0 Å². The highest BCUT2D eigenvalue weighted by atomic mass is 16.6. The van der Waals surface area contributed by atoms with E-state index in [0.29, 0.717) is 0 Å². The van der Waals surface area contributed by atoms with Crippen molar-refractivity contribution in [3.8, 4) is 0 Å². The zero-order valence-corrected chi connectivity index (χ0v) is 10.4. The lowest BCUT2D eigenvalue weighted by Crippen LogP contribution is -2.44. The summed E-state index contributed by atoms with van der Waals surface area (Å²) in [6.45, 7) is 1.12. The standard InChI is InChI=1S/C10H14N4O6/c1-3(15)5(16)8-6(17)7(18)10(20-8)12-9(19)4-2-11-14-13-4/h2,5-8,10,16-18H,1H3,(H,12,19)(H,11,13,14)/t5?,6-,7+,8+,10?/m1/s1. The smallest absolute Gasteiger partial charge is 0.275 e. The number of Topliss-reactive ketones (excluding diaryl/α,β-unsaturated/α-hetero) is 1. The monoisotopic (exact) mass is 286 g/mol. The molecular formula is C10H14N4O6. The van der Waals surface area contributed by atoms with Gasteiger partial charge in [0, 0.05) is 0 Å². The molecular weight excluding hydrogens is 272 g/mol. The Morgan fingerprint density at radius 3 is 2.70 bits per heavy atom. The van der Waals surface area contributed by atoms with Gasteiger partial charge in [-0.15, -0.1) is 0 Å². The van der Waals surface area contributed by atoms with Gasteiger partial charge in [0.05, 0.1) is 6.20 Å². The van der Waals surface area contributed by atoms with E-state index >= 15 is 0 Å². The van der Waals surface area contributed by atoms with Crippen molar-refractivity contribution in [2.45, 2.75) is 37.6 Å². The van der Waals surface area contributed by atoms with Gasteiger partial charge in [-0.05, 0) is 6.92 Å². The van der Waals surface area contributed by atoms with Crippen LogP contribution in [0.5, 0.6) is 0 Å². The third-order valence-electron chi connectivity index (χ3n) is 2.95. The van der Waals surface area contributed by atoms with Crippen LogP contribution in [-0.4, -0.2) is 73.1 Å². The number of aliphatic hydroxyl groups is 3. The second-order valence-electron chi connectivity index (χ2n) is 4.39. The molecule has 1 aliphatic rings. The highest BCUT2D eigenvalue weighted by Gasteiger charge is 2.47. The Kier molecular flexibility index (Phi) is 4.09. The first-order valence-electron chi connectivity index (χ1n) is 5.78. The molecule has 0 aliphatic carbocycles. The number of carbonyl (C=O) groups is 2. The van der Waals surface area contributed by atoms with E-state index in [1.165, 1.54) is 0 Å². The molecule has 2 rings (SSSR count). The van der Waals surface area contributed by atoms with E-state index in [1.54, 1.807) is 0 Å². The molecule has 0 aromatic carbocycles. The minimum Gasteiger partial charge on any atom is -0.387 e. The van der Waals surface area contributed by atoms with E-state index in [4.69, 9.17) is 4.74 Å². The number of amides is 1. The Morgan fingerprint density at radius 2 is 2.15 bits per heavy atom. The van der Waals surface area contributed by atoms with Crippen LogP contribution in [0.25, 0.3) is 0 Å². The fourth-order valence-corrected chi connectivity index (χ4v) is 1.83. The van der Waals surface area contributed by atoms with Crippen molar-refractivity contribution in [2.24, 2.45) is 0 Å². The quantitative estimate of drug-likeness (QED) is 0.390. The van der Waals surface area contributed by atoms with Gasteiger partial charge in [-0.3, -0.25) is 9.59 Å². The molecule has 2 heterocycles. The van der Waals surface area contributed by atoms with Crippen molar-refractivity contribution < 1.29 is 29.6 Å². The molecule has 10 nitrogen and oxygen atoms in total. The van der Waals surface area contributed by atoms with Gasteiger partial charge < -0.3 is 25.4 Å². The lowest BCUT2D eigenvalue weighted by molar-refractivity contribution is -0.137. The number of hydrogen-bond donors (Lipinski definition) is 5. The third-order valence-corrected chi connectivity index (χ3v) is 2.95. The summed E-state index contributed by atoms with van der Waals surface area (Å²) in [6.07, 6.45) is -6.00. The van der Waals surface area contributed by atoms with E-state index in [-0.39, 0.29) is 5.69 Å². The number of carbonyl (C=O) groups excluding carboxylic acids is 2. The molecule has 5 N–H and O–H groups in total. The summed E-state index contributed by atoms with van der Waals surface area (Å²) in [5.74, 6) is -1.31. The second-order valence-corrected chi connectivity index (χ2v) is 4.39. The number of aromatic amines is 1. The number of H-pyrrole nitrogens is 1. The highest BCUT2D eigenvalue weighted by molar-refractivity contribution is 5.92. The van der Waals surface area contributed by atoms with Crippen molar-refractivity contribution in [3.05, 3.63) is 11.9 Å². The number of nitrogens with zero attached hydrogens (tertiary/aromatic N) is 2. The second kappa shape index (κ2) is 5.63. The van der Waals surface area contributed by atoms with Crippen LogP contribution in [0.1, 0.15) is 17.4 Å². The van der Waals surface area contributed by atoms with Crippen LogP contribution in [0.3, 0.4) is 0 Å². The van der Waals surface area contributed by atoms with Crippen LogP contribution in [0.4, 0.5) is 0 Å². The zero-order valence-electron chi connectivity index (χ0n) is 10.4. The molecule has 2 unspecified atom stereocenters. The van der Waals surface area contributed by atoms with Crippen molar-refractivity contribution in [2.75, 3.05) is 0 Å². The number of nitrogens with one attached hydrogen (secondary N) is 2. The molecule has 1 fully saturated rings. The molecule has 1 aliphatic heterocycles. The molecule has 20 heavy (non-hydrogen) atoms. The minimum atomic E-state index is -1.59. The summed E-state index contributed by atoms with van der Waals surface area (Å²) in [5.41, 5.74) is -0.0362. The molecule has 1 amide bonds. The van der Waals surface area contributed by atoms with Crippen molar-refractivity contribution >= 4 is 11.7 Å². The first kappa shape index (κ1) is 14.5. The average molecular weight is 286 g/mol. The molecule has 0 bridgehead atoms. The van der Waals surface area contributed by atoms with E-state index in [9.17, 15) is 24.9 Å². The summed E-state index contributed by atoms with van der Waals surface area (Å²) in [4.78, 5) is 22.8. The lowest BCUT2D eigenvalue weighted by Gasteiger charge is -2.18. The summed E-state index contributed by atoms with van der Waals surface area (Å²) in [7, 11) is 0. The molecule has 1 aromatic heterocycles. The molecule has 10 heteroatoms. The van der Waals surface area contributed by atoms with E-state index in [2.05, 4.69) is 20.7 Å². The maximum atomic E-state index is 11.7. The van der Waals surface area contributed by atoms with Crippen LogP contribution >= 0.6 is 0 Å². The van der Waals surface area contributed by atoms with Crippen LogP contribution in [-0.2, 0) is 9.53 Å². The SMILES string of the molecule is CC(=O)C(O)[C@@H]1OC(NC(=O)c2cn[nH]n2)[C@@H](O)[C@H]1O. The number of hydrogen-bond acceptors (Lipinski definition) is 8. The number of aromatic nitrogens is 3. The summed E-state index contributed by atoms with van der Waals surface area (Å²) < 4.78 is 5.12. The van der Waals surface area contributed by atoms with Crippen LogP contribution in [0.15, 0.2) is 6.20 Å². The third kappa shape index (κ3) is 2.67. The Morgan fingerprint density at radius 1 is 1.45 bits per heavy atom. The van der Waals surface area contributed by atoms with E-state index in [1.807, 2.05) is 0 Å². The largest absolute Gasteiger partial charge is 0.387 e. The number of rotatable bonds is 4. The Labute approximate surface area is 112 Å². The number of ketones is 1. The molecule has 5 atom stereocenters. The Hall–Kier alpha value is -1.88. The van der Waals surface area contributed by atoms with Gasteiger partial charge in [-0.25, -0.2) is 0 Å². The zero-order chi connectivity index (χ0) is 14.9. The normalized spacial score (nSPS) is 31.0. The van der Waals surface area contributed by atoms with Gasteiger partial charge in [0.25, 0.3) is 5.91 Å². The van der Waals surface area contributed by atoms with Gasteiger partial charge in [0.2, 0.25) is 0 Å². The van der Waals surface area contributed by atoms with E-state index < -0.39 is 42.3 Å². The average Bonchev–Trinajstić information content (AvgIpc) is 3.02. The number of ether oxygens (including phenoxy) is 1. The van der Waals surface area contributed by atoms with Gasteiger partial charge in [-0.2, -0.15) is 15.4 Å². The van der Waals surface area contributed by atoms with Gasteiger partial charge in [0.15, 0.2) is 17.7 Å². The minimum absolute atomic E-state index is 0.0362. The molecule has 110 valence electrons. The first-order chi connectivity index (χ1) is 9.41. The molecule has 0 saturated carbocycles. The predicted molar refractivity (Wildman–Crippen MR) is 61.2 cm³/mol. The Balaban J connectivity index is 2.03. The van der Waals surface area contributed by atoms with Gasteiger partial charge in [0.1, 0.15) is 24.4 Å². The first-order valence-corrected chi connectivity index (χ1v) is 5.78. The summed E-state index contributed by atoms with van der Waals surface area (Å²) in [5, 5.41) is 40.5. The van der Waals surface area contributed by atoms with E-state index in [0.717, 1.165) is 13.1 Å². The molecule has 1 saturated heterocycles. The lowest BCUT2D eigenvalue weighted by atomic mass is 10.0. The van der Waals surface area contributed by atoms with Gasteiger partial charge >= 0.3 is 0 Å². The van der Waals surface area contributed by atoms with Crippen molar-refractivity contribution in [1.29, 1.82) is 0 Å². The topological polar surface area (TPSA) is 158 Å². The maximum absolute atomic E-state index is 11.7. The van der Waals surface area contributed by atoms with Crippen molar-refractivity contribution in [1.82, 2.24) is 20.7 Å². The predicted octanol–water partition coefficient (Wildman–Crippen LogP) is -3.07.